The van der Waals surface area contributed by atoms with E-state index in [-0.39, 0.29) is 5.91 Å². The van der Waals surface area contributed by atoms with E-state index < -0.39 is 0 Å². The highest BCUT2D eigenvalue weighted by atomic mass is 32.2. The van der Waals surface area contributed by atoms with E-state index in [1.807, 2.05) is 35.2 Å². The van der Waals surface area contributed by atoms with Gasteiger partial charge in [0.15, 0.2) is 5.16 Å². The number of carbonyl (C=O) groups is 1. The average Bonchev–Trinajstić information content (AvgIpc) is 3.36. The van der Waals surface area contributed by atoms with Gasteiger partial charge in [-0.05, 0) is 62.8 Å². The number of hydrogen-bond donors (Lipinski definition) is 0. The van der Waals surface area contributed by atoms with Gasteiger partial charge in [-0.3, -0.25) is 9.36 Å². The molecule has 6 nitrogen and oxygen atoms in total. The number of rotatable bonds is 8. The lowest BCUT2D eigenvalue weighted by atomic mass is 10.0. The number of hydrogen-bond acceptors (Lipinski definition) is 5. The molecule has 31 heavy (non-hydrogen) atoms. The summed E-state index contributed by atoms with van der Waals surface area (Å²) in [4.78, 5) is 15.2. The van der Waals surface area contributed by atoms with Crippen LogP contribution in [0.4, 0.5) is 0 Å². The summed E-state index contributed by atoms with van der Waals surface area (Å²) in [5.41, 5.74) is 2.16. The Bertz CT molecular complexity index is 1050. The van der Waals surface area contributed by atoms with Crippen LogP contribution in [0.3, 0.4) is 0 Å². The molecule has 0 atom stereocenters. The predicted molar refractivity (Wildman–Crippen MR) is 120 cm³/mol. The maximum absolute atomic E-state index is 13.3. The monoisotopic (exact) mass is 434 g/mol. The molecule has 5 rings (SSSR count). The molecule has 7 heteroatoms. The summed E-state index contributed by atoms with van der Waals surface area (Å²) >= 11 is 1.46. The lowest BCUT2D eigenvalue weighted by Crippen LogP contribution is -2.32. The van der Waals surface area contributed by atoms with Crippen LogP contribution in [0.5, 0.6) is 0 Å². The van der Waals surface area contributed by atoms with E-state index in [0.717, 1.165) is 60.2 Å². The van der Waals surface area contributed by atoms with E-state index in [1.54, 1.807) is 6.26 Å². The highest BCUT2D eigenvalue weighted by molar-refractivity contribution is 7.99. The van der Waals surface area contributed by atoms with Crippen LogP contribution in [-0.4, -0.2) is 31.3 Å². The molecule has 2 aromatic heterocycles. The minimum absolute atomic E-state index is 0.0742. The maximum atomic E-state index is 13.3. The van der Waals surface area contributed by atoms with Gasteiger partial charge in [0.2, 0.25) is 5.91 Å². The van der Waals surface area contributed by atoms with Crippen LogP contribution in [-0.2, 0) is 11.3 Å². The summed E-state index contributed by atoms with van der Waals surface area (Å²) in [5, 5.41) is 9.69. The lowest BCUT2D eigenvalue weighted by Gasteiger charge is -2.27. The van der Waals surface area contributed by atoms with Crippen molar-refractivity contribution in [3.05, 3.63) is 72.1 Å². The molecule has 3 aromatic rings. The van der Waals surface area contributed by atoms with Crippen LogP contribution in [0, 0.1) is 0 Å². The van der Waals surface area contributed by atoms with Crippen molar-refractivity contribution in [2.75, 3.05) is 5.75 Å². The fourth-order valence-electron chi connectivity index (χ4n) is 3.98. The minimum Gasteiger partial charge on any atom is -0.467 e. The van der Waals surface area contributed by atoms with Crippen LogP contribution in [0.1, 0.15) is 56.0 Å². The summed E-state index contributed by atoms with van der Waals surface area (Å²) in [7, 11) is 0. The fraction of sp³-hybridized carbons (Fsp3) is 0.375. The summed E-state index contributed by atoms with van der Waals surface area (Å²) in [6.07, 6.45) is 10.4. The molecule has 2 aliphatic rings. The Labute approximate surface area is 186 Å². The van der Waals surface area contributed by atoms with E-state index in [0.29, 0.717) is 18.2 Å². The molecule has 1 saturated carbocycles. The molecular formula is C24H26N4O2S. The summed E-state index contributed by atoms with van der Waals surface area (Å²) in [6.45, 7) is 0.469. The second-order valence-corrected chi connectivity index (χ2v) is 9.02. The number of amides is 1. The number of para-hydroxylation sites is 1. The Morgan fingerprint density at radius 2 is 2.00 bits per heavy atom. The van der Waals surface area contributed by atoms with E-state index >= 15 is 0 Å². The SMILES string of the molecule is O=C(CSc1nnc(C2CC2)n1-c1ccccc1)N(Cc1ccco1)C1=CCCCC1. The zero-order chi connectivity index (χ0) is 21.0. The van der Waals surface area contributed by atoms with Gasteiger partial charge in [0.05, 0.1) is 18.6 Å². The number of allylic oxidation sites excluding steroid dienone is 2. The van der Waals surface area contributed by atoms with Crippen molar-refractivity contribution in [1.29, 1.82) is 0 Å². The molecule has 0 bridgehead atoms. The van der Waals surface area contributed by atoms with Gasteiger partial charge in [-0.15, -0.1) is 10.2 Å². The lowest BCUT2D eigenvalue weighted by molar-refractivity contribution is -0.127. The molecule has 0 saturated heterocycles. The van der Waals surface area contributed by atoms with Crippen molar-refractivity contribution in [1.82, 2.24) is 19.7 Å². The first-order valence-electron chi connectivity index (χ1n) is 10.9. The summed E-state index contributed by atoms with van der Waals surface area (Å²) < 4.78 is 7.64. The number of furan rings is 1. The van der Waals surface area contributed by atoms with E-state index in [9.17, 15) is 4.79 Å². The number of nitrogens with zero attached hydrogens (tertiary/aromatic N) is 4. The maximum Gasteiger partial charge on any atom is 0.237 e. The van der Waals surface area contributed by atoms with Gasteiger partial charge >= 0.3 is 0 Å². The van der Waals surface area contributed by atoms with Gasteiger partial charge in [-0.1, -0.05) is 36.0 Å². The molecule has 2 heterocycles. The average molecular weight is 435 g/mol. The molecular weight excluding hydrogens is 408 g/mol. The molecule has 1 aromatic carbocycles. The predicted octanol–water partition coefficient (Wildman–Crippen LogP) is 5.32. The first-order valence-corrected chi connectivity index (χ1v) is 11.9. The quantitative estimate of drug-likeness (QED) is 0.449. The number of carbonyl (C=O) groups excluding carboxylic acids is 1. The van der Waals surface area contributed by atoms with Crippen LogP contribution in [0.2, 0.25) is 0 Å². The van der Waals surface area contributed by atoms with Crippen LogP contribution >= 0.6 is 11.8 Å². The number of aromatic nitrogens is 3. The number of benzene rings is 1. The van der Waals surface area contributed by atoms with Gasteiger partial charge in [0.1, 0.15) is 11.6 Å². The standard InChI is InChI=1S/C24H26N4O2S/c29-22(27(16-21-12-7-15-30-21)19-8-3-1-4-9-19)17-31-24-26-25-23(18-13-14-18)28(24)20-10-5-2-6-11-20/h2,5-8,10-12,15,18H,1,3-4,9,13-14,16-17H2. The molecule has 0 spiro atoms. The van der Waals surface area contributed by atoms with Crippen molar-refractivity contribution in [3.63, 3.8) is 0 Å². The molecule has 1 amide bonds. The van der Waals surface area contributed by atoms with Crippen molar-refractivity contribution in [2.24, 2.45) is 0 Å². The second-order valence-electron chi connectivity index (χ2n) is 8.08. The summed E-state index contributed by atoms with van der Waals surface area (Å²) in [6, 6.07) is 14.0. The molecule has 0 unspecified atom stereocenters. The minimum atomic E-state index is 0.0742. The number of thioether (sulfide) groups is 1. The highest BCUT2D eigenvalue weighted by Crippen LogP contribution is 2.41. The molecule has 0 radical (unpaired) electrons. The van der Waals surface area contributed by atoms with Crippen molar-refractivity contribution >= 4 is 17.7 Å². The van der Waals surface area contributed by atoms with Crippen molar-refractivity contribution in [2.45, 2.75) is 56.1 Å². The van der Waals surface area contributed by atoms with Gasteiger partial charge in [0, 0.05) is 17.3 Å². The third-order valence-electron chi connectivity index (χ3n) is 5.75. The molecule has 1 fully saturated rings. The van der Waals surface area contributed by atoms with E-state index in [2.05, 4.69) is 33.0 Å². The molecule has 0 N–H and O–H groups in total. The second kappa shape index (κ2) is 9.14. The third kappa shape index (κ3) is 4.61. The Morgan fingerprint density at radius 1 is 1.13 bits per heavy atom. The Kier molecular flexibility index (Phi) is 5.93. The van der Waals surface area contributed by atoms with Crippen LogP contribution in [0.25, 0.3) is 5.69 Å². The molecule has 160 valence electrons. The Hall–Kier alpha value is -2.80. The van der Waals surface area contributed by atoms with E-state index in [1.165, 1.54) is 18.2 Å². The first kappa shape index (κ1) is 20.1. The van der Waals surface area contributed by atoms with Gasteiger partial charge < -0.3 is 9.32 Å². The first-order chi connectivity index (χ1) is 15.3. The third-order valence-corrected chi connectivity index (χ3v) is 6.66. The van der Waals surface area contributed by atoms with Gasteiger partial charge in [-0.2, -0.15) is 0 Å². The molecule has 0 aliphatic heterocycles. The van der Waals surface area contributed by atoms with Crippen molar-refractivity contribution < 1.29 is 9.21 Å². The Balaban J connectivity index is 1.35. The zero-order valence-electron chi connectivity index (χ0n) is 17.4. The largest absolute Gasteiger partial charge is 0.467 e. The van der Waals surface area contributed by atoms with Crippen LogP contribution < -0.4 is 0 Å². The normalized spacial score (nSPS) is 16.2. The zero-order valence-corrected chi connectivity index (χ0v) is 18.3. The smallest absolute Gasteiger partial charge is 0.237 e. The van der Waals surface area contributed by atoms with Gasteiger partial charge in [-0.25, -0.2) is 0 Å². The topological polar surface area (TPSA) is 64.2 Å². The fourth-order valence-corrected chi connectivity index (χ4v) is 4.81. The van der Waals surface area contributed by atoms with Crippen LogP contribution in [0.15, 0.2) is 70.1 Å². The summed E-state index contributed by atoms with van der Waals surface area (Å²) in [5.74, 6) is 2.66. The van der Waals surface area contributed by atoms with Gasteiger partial charge in [0.25, 0.3) is 0 Å². The highest BCUT2D eigenvalue weighted by Gasteiger charge is 2.31. The molecule has 2 aliphatic carbocycles. The van der Waals surface area contributed by atoms with E-state index in [4.69, 9.17) is 4.42 Å². The van der Waals surface area contributed by atoms with Crippen molar-refractivity contribution in [3.8, 4) is 5.69 Å². The Morgan fingerprint density at radius 3 is 2.71 bits per heavy atom.